The van der Waals surface area contributed by atoms with E-state index in [1.54, 1.807) is 4.57 Å². The van der Waals surface area contributed by atoms with Crippen LogP contribution in [0.25, 0.3) is 10.9 Å². The standard InChI is InChI=1S/C15H20N2O4/c18-6-8-21-7-5-16-9-12-10-17(11-15(19)20)14-4-2-1-3-13(12)14/h1-4,10,16,18H,5-9,11H2,(H,19,20). The van der Waals surface area contributed by atoms with Gasteiger partial charge in [-0.3, -0.25) is 4.79 Å². The fourth-order valence-corrected chi connectivity index (χ4v) is 2.27. The van der Waals surface area contributed by atoms with Crippen molar-refractivity contribution in [3.8, 4) is 0 Å². The molecular formula is C15H20N2O4. The van der Waals surface area contributed by atoms with Crippen molar-refractivity contribution in [1.29, 1.82) is 0 Å². The van der Waals surface area contributed by atoms with Gasteiger partial charge in [0.1, 0.15) is 6.54 Å². The number of aliphatic carboxylic acids is 1. The maximum Gasteiger partial charge on any atom is 0.323 e. The van der Waals surface area contributed by atoms with E-state index in [4.69, 9.17) is 14.9 Å². The number of rotatable bonds is 9. The van der Waals surface area contributed by atoms with E-state index in [-0.39, 0.29) is 13.2 Å². The van der Waals surface area contributed by atoms with Crippen LogP contribution in [0, 0.1) is 0 Å². The van der Waals surface area contributed by atoms with E-state index in [1.807, 2.05) is 30.5 Å². The first-order chi connectivity index (χ1) is 10.2. The summed E-state index contributed by atoms with van der Waals surface area (Å²) in [6.45, 7) is 2.20. The van der Waals surface area contributed by atoms with E-state index < -0.39 is 5.97 Å². The molecule has 114 valence electrons. The van der Waals surface area contributed by atoms with E-state index in [1.165, 1.54) is 0 Å². The Morgan fingerprint density at radius 1 is 1.29 bits per heavy atom. The Hall–Kier alpha value is -1.89. The molecule has 0 spiro atoms. The van der Waals surface area contributed by atoms with Crippen LogP contribution in [0.4, 0.5) is 0 Å². The molecule has 21 heavy (non-hydrogen) atoms. The molecule has 1 aromatic carbocycles. The Morgan fingerprint density at radius 2 is 2.10 bits per heavy atom. The summed E-state index contributed by atoms with van der Waals surface area (Å²) >= 11 is 0. The molecule has 0 amide bonds. The summed E-state index contributed by atoms with van der Waals surface area (Å²) in [7, 11) is 0. The number of hydrogen-bond donors (Lipinski definition) is 3. The Kier molecular flexibility index (Phi) is 5.74. The van der Waals surface area contributed by atoms with Gasteiger partial charge in [-0.05, 0) is 11.6 Å². The number of para-hydroxylation sites is 1. The number of nitrogens with zero attached hydrogens (tertiary/aromatic N) is 1. The van der Waals surface area contributed by atoms with Crippen molar-refractivity contribution in [3.63, 3.8) is 0 Å². The minimum atomic E-state index is -0.854. The van der Waals surface area contributed by atoms with Crippen molar-refractivity contribution < 1.29 is 19.7 Å². The summed E-state index contributed by atoms with van der Waals surface area (Å²) in [4.78, 5) is 10.9. The molecule has 6 nitrogen and oxygen atoms in total. The zero-order valence-corrected chi connectivity index (χ0v) is 11.8. The van der Waals surface area contributed by atoms with Crippen LogP contribution in [-0.2, 0) is 22.6 Å². The zero-order valence-electron chi connectivity index (χ0n) is 11.8. The number of ether oxygens (including phenoxy) is 1. The van der Waals surface area contributed by atoms with Crippen LogP contribution in [0.5, 0.6) is 0 Å². The van der Waals surface area contributed by atoms with Crippen LogP contribution >= 0.6 is 0 Å². The van der Waals surface area contributed by atoms with Crippen LogP contribution < -0.4 is 5.32 Å². The molecule has 1 aromatic heterocycles. The fraction of sp³-hybridized carbons (Fsp3) is 0.400. The molecule has 0 atom stereocenters. The second-order valence-electron chi connectivity index (χ2n) is 4.71. The van der Waals surface area contributed by atoms with Gasteiger partial charge in [0, 0.05) is 30.2 Å². The summed E-state index contributed by atoms with van der Waals surface area (Å²) in [6, 6.07) is 7.76. The minimum Gasteiger partial charge on any atom is -0.480 e. The summed E-state index contributed by atoms with van der Waals surface area (Å²) in [6.07, 6.45) is 1.88. The predicted octanol–water partition coefficient (Wildman–Crippen LogP) is 0.824. The van der Waals surface area contributed by atoms with Gasteiger partial charge in [0.05, 0.1) is 19.8 Å². The van der Waals surface area contributed by atoms with Gasteiger partial charge in [-0.25, -0.2) is 0 Å². The van der Waals surface area contributed by atoms with Crippen molar-refractivity contribution >= 4 is 16.9 Å². The quantitative estimate of drug-likeness (QED) is 0.596. The molecule has 0 bridgehead atoms. The topological polar surface area (TPSA) is 83.7 Å². The number of carboxylic acid groups (broad SMARTS) is 1. The highest BCUT2D eigenvalue weighted by molar-refractivity contribution is 5.85. The molecule has 0 unspecified atom stereocenters. The highest BCUT2D eigenvalue weighted by Gasteiger charge is 2.09. The summed E-state index contributed by atoms with van der Waals surface area (Å²) < 4.78 is 6.92. The van der Waals surface area contributed by atoms with Crippen LogP contribution in [-0.4, -0.2) is 47.1 Å². The van der Waals surface area contributed by atoms with Gasteiger partial charge in [-0.2, -0.15) is 0 Å². The highest BCUT2D eigenvalue weighted by Crippen LogP contribution is 2.21. The number of carbonyl (C=O) groups is 1. The summed E-state index contributed by atoms with van der Waals surface area (Å²) in [5, 5.41) is 21.9. The monoisotopic (exact) mass is 292 g/mol. The largest absolute Gasteiger partial charge is 0.480 e. The average molecular weight is 292 g/mol. The third-order valence-corrected chi connectivity index (χ3v) is 3.15. The Balaban J connectivity index is 2.00. The van der Waals surface area contributed by atoms with E-state index in [0.29, 0.717) is 26.3 Å². The average Bonchev–Trinajstić information content (AvgIpc) is 2.81. The molecule has 0 aliphatic heterocycles. The lowest BCUT2D eigenvalue weighted by Crippen LogP contribution is -2.19. The maximum atomic E-state index is 10.9. The van der Waals surface area contributed by atoms with E-state index >= 15 is 0 Å². The molecule has 1 heterocycles. The lowest BCUT2D eigenvalue weighted by atomic mass is 10.2. The molecule has 2 rings (SSSR count). The van der Waals surface area contributed by atoms with Gasteiger partial charge < -0.3 is 24.8 Å². The Labute approximate surface area is 123 Å². The van der Waals surface area contributed by atoms with Crippen LogP contribution in [0.15, 0.2) is 30.5 Å². The van der Waals surface area contributed by atoms with Gasteiger partial charge in [0.2, 0.25) is 0 Å². The van der Waals surface area contributed by atoms with Crippen LogP contribution in [0.2, 0.25) is 0 Å². The summed E-state index contributed by atoms with van der Waals surface area (Å²) in [5.41, 5.74) is 1.99. The molecular weight excluding hydrogens is 272 g/mol. The molecule has 6 heteroatoms. The Bertz CT molecular complexity index is 594. The van der Waals surface area contributed by atoms with Crippen LogP contribution in [0.1, 0.15) is 5.56 Å². The fourth-order valence-electron chi connectivity index (χ4n) is 2.27. The highest BCUT2D eigenvalue weighted by atomic mass is 16.5. The van der Waals surface area contributed by atoms with Gasteiger partial charge in [0.25, 0.3) is 0 Å². The third-order valence-electron chi connectivity index (χ3n) is 3.15. The minimum absolute atomic E-state index is 0.0304. The van der Waals surface area contributed by atoms with Crippen molar-refractivity contribution in [2.45, 2.75) is 13.1 Å². The lowest BCUT2D eigenvalue weighted by Gasteiger charge is -2.04. The van der Waals surface area contributed by atoms with Crippen molar-refractivity contribution in [3.05, 3.63) is 36.0 Å². The van der Waals surface area contributed by atoms with Gasteiger partial charge in [0.15, 0.2) is 0 Å². The third kappa shape index (κ3) is 4.29. The molecule has 2 aromatic rings. The number of benzene rings is 1. The van der Waals surface area contributed by atoms with Crippen molar-refractivity contribution in [2.24, 2.45) is 0 Å². The first kappa shape index (κ1) is 15.5. The molecule has 3 N–H and O–H groups in total. The van der Waals surface area contributed by atoms with E-state index in [9.17, 15) is 4.79 Å². The first-order valence-electron chi connectivity index (χ1n) is 6.90. The second-order valence-corrected chi connectivity index (χ2v) is 4.71. The second kappa shape index (κ2) is 7.78. The molecule has 0 saturated heterocycles. The van der Waals surface area contributed by atoms with Gasteiger partial charge >= 0.3 is 5.97 Å². The predicted molar refractivity (Wildman–Crippen MR) is 79.2 cm³/mol. The van der Waals surface area contributed by atoms with Crippen molar-refractivity contribution in [1.82, 2.24) is 9.88 Å². The number of aliphatic hydroxyl groups excluding tert-OH is 1. The van der Waals surface area contributed by atoms with Gasteiger partial charge in [-0.1, -0.05) is 18.2 Å². The molecule has 0 saturated carbocycles. The van der Waals surface area contributed by atoms with Crippen molar-refractivity contribution in [2.75, 3.05) is 26.4 Å². The zero-order chi connectivity index (χ0) is 15.1. The number of hydrogen-bond acceptors (Lipinski definition) is 4. The molecule has 0 aliphatic carbocycles. The number of aromatic nitrogens is 1. The summed E-state index contributed by atoms with van der Waals surface area (Å²) in [5.74, 6) is -0.854. The maximum absolute atomic E-state index is 10.9. The number of nitrogens with one attached hydrogen (secondary N) is 1. The Morgan fingerprint density at radius 3 is 2.86 bits per heavy atom. The van der Waals surface area contributed by atoms with Crippen LogP contribution in [0.3, 0.4) is 0 Å². The smallest absolute Gasteiger partial charge is 0.323 e. The van der Waals surface area contributed by atoms with E-state index in [0.717, 1.165) is 16.5 Å². The lowest BCUT2D eigenvalue weighted by molar-refractivity contribution is -0.137. The molecule has 0 aliphatic rings. The first-order valence-corrected chi connectivity index (χ1v) is 6.90. The van der Waals surface area contributed by atoms with Gasteiger partial charge in [-0.15, -0.1) is 0 Å². The number of aliphatic hydroxyl groups is 1. The number of fused-ring (bicyclic) bond motifs is 1. The normalized spacial score (nSPS) is 11.1. The SMILES string of the molecule is O=C(O)Cn1cc(CNCCOCCO)c2ccccc21. The molecule has 0 radical (unpaired) electrons. The number of carboxylic acids is 1. The molecule has 0 fully saturated rings. The van der Waals surface area contributed by atoms with E-state index in [2.05, 4.69) is 5.32 Å².